The van der Waals surface area contributed by atoms with Crippen LogP contribution in [-0.2, 0) is 11.2 Å². The van der Waals surface area contributed by atoms with Crippen LogP contribution in [-0.4, -0.2) is 24.4 Å². The molecule has 0 bridgehead atoms. The van der Waals surface area contributed by atoms with Crippen LogP contribution in [0.2, 0.25) is 0 Å². The molecule has 94 valence electrons. The first-order valence-corrected chi connectivity index (χ1v) is 6.42. The maximum atomic E-state index is 10.2. The molecule has 2 nitrogen and oxygen atoms in total. The minimum atomic E-state index is -0.363. The van der Waals surface area contributed by atoms with Gasteiger partial charge in [-0.25, -0.2) is 0 Å². The molecule has 3 atom stereocenters. The van der Waals surface area contributed by atoms with E-state index in [1.165, 1.54) is 11.1 Å². The van der Waals surface area contributed by atoms with E-state index in [2.05, 4.69) is 38.1 Å². The number of hydrogen-bond acceptors (Lipinski definition) is 2. The summed E-state index contributed by atoms with van der Waals surface area (Å²) in [6.07, 6.45) is 1.50. The Morgan fingerprint density at radius 1 is 1.35 bits per heavy atom. The highest BCUT2D eigenvalue weighted by atomic mass is 16.5. The van der Waals surface area contributed by atoms with E-state index in [0.29, 0.717) is 11.8 Å². The fraction of sp³-hybridized carbons (Fsp3) is 0.600. The Hall–Kier alpha value is -0.860. The third kappa shape index (κ3) is 2.53. The van der Waals surface area contributed by atoms with Crippen LogP contribution in [0, 0.1) is 5.92 Å². The predicted octanol–water partition coefficient (Wildman–Crippen LogP) is 2.75. The van der Waals surface area contributed by atoms with E-state index in [0.717, 1.165) is 12.8 Å². The summed E-state index contributed by atoms with van der Waals surface area (Å²) in [5.74, 6) is 0.864. The van der Waals surface area contributed by atoms with Crippen LogP contribution < -0.4 is 0 Å². The van der Waals surface area contributed by atoms with Crippen LogP contribution in [0.25, 0.3) is 0 Å². The van der Waals surface area contributed by atoms with Crippen molar-refractivity contribution in [3.63, 3.8) is 0 Å². The number of methoxy groups -OCH3 is 1. The van der Waals surface area contributed by atoms with Gasteiger partial charge in [-0.05, 0) is 35.8 Å². The standard InChI is InChI=1S/C15H22O2/c1-10(2)15(17-3)14(16)9-12-8-11-6-4-5-7-13(11)12/h4-7,10,12,14-16H,8-9H2,1-3H3. The van der Waals surface area contributed by atoms with Crippen molar-refractivity contribution in [2.45, 2.75) is 44.8 Å². The van der Waals surface area contributed by atoms with Crippen LogP contribution in [0.4, 0.5) is 0 Å². The zero-order valence-corrected chi connectivity index (χ0v) is 10.9. The first-order chi connectivity index (χ1) is 8.13. The number of benzene rings is 1. The molecule has 0 aromatic heterocycles. The second kappa shape index (κ2) is 5.19. The lowest BCUT2D eigenvalue weighted by Crippen LogP contribution is -2.35. The average molecular weight is 234 g/mol. The minimum absolute atomic E-state index is 0.0530. The molecule has 0 saturated heterocycles. The van der Waals surface area contributed by atoms with Gasteiger partial charge in [-0.1, -0.05) is 38.1 Å². The first kappa shape index (κ1) is 12.6. The highest BCUT2D eigenvalue weighted by Crippen LogP contribution is 2.38. The number of aliphatic hydroxyl groups is 1. The Bertz CT molecular complexity index is 373. The van der Waals surface area contributed by atoms with E-state index in [1.807, 2.05) is 0 Å². The Kier molecular flexibility index (Phi) is 3.85. The number of fused-ring (bicyclic) bond motifs is 1. The van der Waals surface area contributed by atoms with Gasteiger partial charge in [0, 0.05) is 7.11 Å². The molecule has 1 aliphatic carbocycles. The molecule has 0 fully saturated rings. The van der Waals surface area contributed by atoms with E-state index >= 15 is 0 Å². The topological polar surface area (TPSA) is 29.5 Å². The van der Waals surface area contributed by atoms with E-state index < -0.39 is 0 Å². The summed E-state index contributed by atoms with van der Waals surface area (Å²) in [6, 6.07) is 8.51. The van der Waals surface area contributed by atoms with Crippen LogP contribution in [0.3, 0.4) is 0 Å². The van der Waals surface area contributed by atoms with Gasteiger partial charge in [-0.3, -0.25) is 0 Å². The maximum Gasteiger partial charge on any atom is 0.0853 e. The molecule has 0 saturated carbocycles. The average Bonchev–Trinajstić information content (AvgIpc) is 2.26. The van der Waals surface area contributed by atoms with E-state index in [1.54, 1.807) is 7.11 Å². The molecule has 0 spiro atoms. The molecule has 1 aliphatic rings. The molecular formula is C15H22O2. The summed E-state index contributed by atoms with van der Waals surface area (Å²) < 4.78 is 5.38. The van der Waals surface area contributed by atoms with Gasteiger partial charge < -0.3 is 9.84 Å². The van der Waals surface area contributed by atoms with Gasteiger partial charge in [-0.2, -0.15) is 0 Å². The number of hydrogen-bond donors (Lipinski definition) is 1. The van der Waals surface area contributed by atoms with E-state index in [-0.39, 0.29) is 12.2 Å². The van der Waals surface area contributed by atoms with Gasteiger partial charge in [-0.15, -0.1) is 0 Å². The second-order valence-corrected chi connectivity index (χ2v) is 5.35. The van der Waals surface area contributed by atoms with Crippen molar-refractivity contribution < 1.29 is 9.84 Å². The van der Waals surface area contributed by atoms with Crippen molar-refractivity contribution in [1.29, 1.82) is 0 Å². The normalized spacial score (nSPS) is 21.8. The van der Waals surface area contributed by atoms with Crippen molar-refractivity contribution in [3.8, 4) is 0 Å². The van der Waals surface area contributed by atoms with Crippen molar-refractivity contribution in [3.05, 3.63) is 35.4 Å². The summed E-state index contributed by atoms with van der Waals surface area (Å²) in [7, 11) is 1.68. The molecule has 1 N–H and O–H groups in total. The molecule has 2 rings (SSSR count). The quantitative estimate of drug-likeness (QED) is 0.849. The van der Waals surface area contributed by atoms with Gasteiger partial charge in [0.2, 0.25) is 0 Å². The van der Waals surface area contributed by atoms with Gasteiger partial charge in [0.1, 0.15) is 0 Å². The molecule has 3 unspecified atom stereocenters. The Morgan fingerprint density at radius 3 is 2.65 bits per heavy atom. The van der Waals surface area contributed by atoms with Crippen molar-refractivity contribution in [2.24, 2.45) is 5.92 Å². The van der Waals surface area contributed by atoms with Gasteiger partial charge >= 0.3 is 0 Å². The zero-order valence-electron chi connectivity index (χ0n) is 10.9. The first-order valence-electron chi connectivity index (χ1n) is 6.42. The number of aliphatic hydroxyl groups excluding tert-OH is 1. The van der Waals surface area contributed by atoms with E-state index in [4.69, 9.17) is 4.74 Å². The number of rotatable bonds is 5. The maximum absolute atomic E-state index is 10.2. The third-order valence-corrected chi connectivity index (χ3v) is 3.80. The summed E-state index contributed by atoms with van der Waals surface area (Å²) in [5, 5.41) is 10.2. The summed E-state index contributed by atoms with van der Waals surface area (Å²) in [5.41, 5.74) is 2.84. The molecule has 1 aromatic carbocycles. The highest BCUT2D eigenvalue weighted by Gasteiger charge is 2.31. The Labute approximate surface area is 104 Å². The molecule has 2 heteroatoms. The van der Waals surface area contributed by atoms with Crippen LogP contribution in [0.5, 0.6) is 0 Å². The fourth-order valence-corrected chi connectivity index (χ4v) is 2.87. The SMILES string of the molecule is COC(C(C)C)C(O)CC1Cc2ccccc21. The Morgan fingerprint density at radius 2 is 2.06 bits per heavy atom. The smallest absolute Gasteiger partial charge is 0.0853 e. The van der Waals surface area contributed by atoms with Crippen molar-refractivity contribution in [1.82, 2.24) is 0 Å². The molecule has 0 amide bonds. The molecule has 17 heavy (non-hydrogen) atoms. The van der Waals surface area contributed by atoms with Crippen LogP contribution >= 0.6 is 0 Å². The van der Waals surface area contributed by atoms with Crippen LogP contribution in [0.1, 0.15) is 37.3 Å². The summed E-state index contributed by atoms with van der Waals surface area (Å²) >= 11 is 0. The van der Waals surface area contributed by atoms with Gasteiger partial charge in [0.05, 0.1) is 12.2 Å². The molecular weight excluding hydrogens is 212 g/mol. The third-order valence-electron chi connectivity index (χ3n) is 3.80. The zero-order chi connectivity index (χ0) is 12.4. The molecule has 1 aromatic rings. The highest BCUT2D eigenvalue weighted by molar-refractivity contribution is 5.39. The van der Waals surface area contributed by atoms with E-state index in [9.17, 15) is 5.11 Å². The van der Waals surface area contributed by atoms with Crippen molar-refractivity contribution >= 4 is 0 Å². The summed E-state index contributed by atoms with van der Waals surface area (Å²) in [4.78, 5) is 0. The minimum Gasteiger partial charge on any atom is -0.390 e. The van der Waals surface area contributed by atoms with Crippen LogP contribution in [0.15, 0.2) is 24.3 Å². The molecule has 0 radical (unpaired) electrons. The lowest BCUT2D eigenvalue weighted by molar-refractivity contribution is -0.0441. The second-order valence-electron chi connectivity index (χ2n) is 5.35. The largest absolute Gasteiger partial charge is 0.390 e. The number of ether oxygens (including phenoxy) is 1. The van der Waals surface area contributed by atoms with Crippen molar-refractivity contribution in [2.75, 3.05) is 7.11 Å². The predicted molar refractivity (Wildman–Crippen MR) is 69.1 cm³/mol. The lowest BCUT2D eigenvalue weighted by atomic mass is 9.74. The van der Waals surface area contributed by atoms with Gasteiger partial charge in [0.15, 0.2) is 0 Å². The Balaban J connectivity index is 1.95. The lowest BCUT2D eigenvalue weighted by Gasteiger charge is -2.34. The monoisotopic (exact) mass is 234 g/mol. The summed E-state index contributed by atoms with van der Waals surface area (Å²) in [6.45, 7) is 4.18. The fourth-order valence-electron chi connectivity index (χ4n) is 2.87. The molecule has 0 aliphatic heterocycles. The molecule has 0 heterocycles. The van der Waals surface area contributed by atoms with Gasteiger partial charge in [0.25, 0.3) is 0 Å².